The maximum atomic E-state index is 12.2. The number of hydrogen-bond donors (Lipinski definition) is 2. The van der Waals surface area contributed by atoms with Crippen LogP contribution in [-0.4, -0.2) is 14.5 Å². The van der Waals surface area contributed by atoms with Crippen molar-refractivity contribution in [2.45, 2.75) is 44.7 Å². The first-order valence-electron chi connectivity index (χ1n) is 6.22. The third-order valence-electron chi connectivity index (χ3n) is 3.00. The van der Waals surface area contributed by atoms with Crippen molar-refractivity contribution in [3.8, 4) is 0 Å². The van der Waals surface area contributed by atoms with Gasteiger partial charge in [0.25, 0.3) is 0 Å². The molecule has 102 valence electrons. The summed E-state index contributed by atoms with van der Waals surface area (Å²) >= 11 is 0. The lowest BCUT2D eigenvalue weighted by Crippen LogP contribution is -2.38. The monoisotopic (exact) mass is 270 g/mol. The van der Waals surface area contributed by atoms with Crippen LogP contribution in [-0.2, 0) is 16.6 Å². The maximum absolute atomic E-state index is 12.2. The molecule has 18 heavy (non-hydrogen) atoms. The largest absolute Gasteiger partial charge is 0.326 e. The van der Waals surface area contributed by atoms with Gasteiger partial charge >= 0.3 is 0 Å². The van der Waals surface area contributed by atoms with Gasteiger partial charge in [-0.2, -0.15) is 0 Å². The van der Waals surface area contributed by atoms with Crippen molar-refractivity contribution in [3.05, 3.63) is 29.8 Å². The van der Waals surface area contributed by atoms with E-state index in [0.29, 0.717) is 6.54 Å². The summed E-state index contributed by atoms with van der Waals surface area (Å²) in [6.45, 7) is 6.33. The zero-order chi connectivity index (χ0) is 13.8. The van der Waals surface area contributed by atoms with Crippen LogP contribution < -0.4 is 10.5 Å². The molecule has 1 aromatic carbocycles. The Kier molecular flexibility index (Phi) is 5.31. The molecule has 0 amide bonds. The summed E-state index contributed by atoms with van der Waals surface area (Å²) in [5, 5.41) is 0. The van der Waals surface area contributed by atoms with E-state index >= 15 is 0 Å². The van der Waals surface area contributed by atoms with E-state index in [9.17, 15) is 8.42 Å². The Balaban J connectivity index is 2.98. The first-order valence-corrected chi connectivity index (χ1v) is 7.70. The Bertz CT molecular complexity index is 484. The van der Waals surface area contributed by atoms with Crippen LogP contribution in [0.5, 0.6) is 0 Å². The molecule has 0 radical (unpaired) electrons. The van der Waals surface area contributed by atoms with Crippen molar-refractivity contribution >= 4 is 10.0 Å². The second-order valence-corrected chi connectivity index (χ2v) is 6.45. The maximum Gasteiger partial charge on any atom is 0.240 e. The highest BCUT2D eigenvalue weighted by Crippen LogP contribution is 2.14. The average molecular weight is 270 g/mol. The van der Waals surface area contributed by atoms with Crippen molar-refractivity contribution in [2.24, 2.45) is 11.7 Å². The van der Waals surface area contributed by atoms with Crippen LogP contribution in [0.15, 0.2) is 29.2 Å². The lowest BCUT2D eigenvalue weighted by Gasteiger charge is -2.20. The van der Waals surface area contributed by atoms with Crippen LogP contribution in [0.4, 0.5) is 0 Å². The van der Waals surface area contributed by atoms with Gasteiger partial charge in [-0.3, -0.25) is 0 Å². The van der Waals surface area contributed by atoms with Gasteiger partial charge in [-0.25, -0.2) is 13.1 Å². The van der Waals surface area contributed by atoms with Gasteiger partial charge in [-0.05, 0) is 30.0 Å². The van der Waals surface area contributed by atoms with E-state index in [1.165, 1.54) is 0 Å². The molecule has 0 saturated heterocycles. The summed E-state index contributed by atoms with van der Waals surface area (Å²) in [7, 11) is -3.45. The molecular formula is C13H22N2O2S. The Morgan fingerprint density at radius 3 is 2.50 bits per heavy atom. The van der Waals surface area contributed by atoms with E-state index < -0.39 is 10.0 Å². The molecule has 0 aliphatic rings. The normalized spacial score (nSPS) is 13.8. The van der Waals surface area contributed by atoms with Crippen molar-refractivity contribution in [1.29, 1.82) is 0 Å². The lowest BCUT2D eigenvalue weighted by molar-refractivity contribution is 0.437. The molecule has 0 aromatic heterocycles. The first-order chi connectivity index (χ1) is 8.40. The molecule has 1 unspecified atom stereocenters. The molecule has 0 aliphatic carbocycles. The lowest BCUT2D eigenvalue weighted by atomic mass is 10.0. The minimum Gasteiger partial charge on any atom is -0.326 e. The van der Waals surface area contributed by atoms with Crippen LogP contribution in [0.3, 0.4) is 0 Å². The van der Waals surface area contributed by atoms with Gasteiger partial charge in [0.1, 0.15) is 0 Å². The molecule has 0 fully saturated rings. The van der Waals surface area contributed by atoms with E-state index in [1.807, 2.05) is 26.8 Å². The Morgan fingerprint density at radius 2 is 2.00 bits per heavy atom. The molecule has 0 saturated carbocycles. The van der Waals surface area contributed by atoms with Gasteiger partial charge in [0.2, 0.25) is 10.0 Å². The van der Waals surface area contributed by atoms with Gasteiger partial charge in [0.05, 0.1) is 4.90 Å². The average Bonchev–Trinajstić information content (AvgIpc) is 2.35. The topological polar surface area (TPSA) is 72.2 Å². The highest BCUT2D eigenvalue weighted by Gasteiger charge is 2.21. The second-order valence-electron chi connectivity index (χ2n) is 4.73. The number of nitrogens with one attached hydrogen (secondary N) is 1. The quantitative estimate of drug-likeness (QED) is 0.828. The molecule has 1 rings (SSSR count). The van der Waals surface area contributed by atoms with E-state index in [4.69, 9.17) is 5.73 Å². The molecule has 1 atom stereocenters. The Morgan fingerprint density at radius 1 is 1.33 bits per heavy atom. The van der Waals surface area contributed by atoms with E-state index in [0.717, 1.165) is 12.0 Å². The Hall–Kier alpha value is -0.910. The third kappa shape index (κ3) is 3.80. The predicted octanol–water partition coefficient (Wildman–Crippen LogP) is 1.86. The summed E-state index contributed by atoms with van der Waals surface area (Å²) < 4.78 is 27.2. The summed E-state index contributed by atoms with van der Waals surface area (Å²) in [4.78, 5) is 0.282. The van der Waals surface area contributed by atoms with Crippen LogP contribution in [0.1, 0.15) is 32.8 Å². The van der Waals surface area contributed by atoms with Crippen LogP contribution in [0.2, 0.25) is 0 Å². The highest BCUT2D eigenvalue weighted by molar-refractivity contribution is 7.89. The molecule has 0 heterocycles. The Labute approximate surface area is 110 Å². The molecule has 1 aromatic rings. The fourth-order valence-electron chi connectivity index (χ4n) is 1.80. The highest BCUT2D eigenvalue weighted by atomic mass is 32.2. The number of rotatable bonds is 6. The number of benzene rings is 1. The van der Waals surface area contributed by atoms with Gasteiger partial charge < -0.3 is 5.73 Å². The van der Waals surface area contributed by atoms with Crippen LogP contribution >= 0.6 is 0 Å². The molecule has 5 heteroatoms. The van der Waals surface area contributed by atoms with Crippen molar-refractivity contribution in [2.75, 3.05) is 0 Å². The van der Waals surface area contributed by atoms with E-state index in [1.54, 1.807) is 18.2 Å². The fraction of sp³-hybridized carbons (Fsp3) is 0.538. The molecule has 0 bridgehead atoms. The van der Waals surface area contributed by atoms with Gasteiger partial charge in [-0.1, -0.05) is 32.9 Å². The zero-order valence-corrected chi connectivity index (χ0v) is 12.0. The predicted molar refractivity (Wildman–Crippen MR) is 73.6 cm³/mol. The molecular weight excluding hydrogens is 248 g/mol. The number of nitrogens with two attached hydrogens (primary N) is 1. The minimum absolute atomic E-state index is 0.0449. The van der Waals surface area contributed by atoms with Crippen molar-refractivity contribution < 1.29 is 8.42 Å². The van der Waals surface area contributed by atoms with E-state index in [2.05, 4.69) is 4.72 Å². The van der Waals surface area contributed by atoms with Crippen molar-refractivity contribution in [1.82, 2.24) is 4.72 Å². The van der Waals surface area contributed by atoms with Crippen LogP contribution in [0, 0.1) is 5.92 Å². The standard InChI is InChI=1S/C13H22N2O2S/c1-4-13(10(2)3)15-18(16,17)12-7-5-6-11(8-12)9-14/h5-8,10,13,15H,4,9,14H2,1-3H3. The van der Waals surface area contributed by atoms with Gasteiger partial charge in [0.15, 0.2) is 0 Å². The SMILES string of the molecule is CCC(NS(=O)(=O)c1cccc(CN)c1)C(C)C. The first kappa shape index (κ1) is 15.1. The summed E-state index contributed by atoms with van der Waals surface area (Å²) in [5.41, 5.74) is 6.34. The van der Waals surface area contributed by atoms with Crippen molar-refractivity contribution in [3.63, 3.8) is 0 Å². The minimum atomic E-state index is -3.45. The number of hydrogen-bond acceptors (Lipinski definition) is 3. The molecule has 3 N–H and O–H groups in total. The summed E-state index contributed by atoms with van der Waals surface area (Å²) in [6.07, 6.45) is 0.771. The second kappa shape index (κ2) is 6.31. The van der Waals surface area contributed by atoms with Gasteiger partial charge in [0, 0.05) is 12.6 Å². The van der Waals surface area contributed by atoms with Gasteiger partial charge in [-0.15, -0.1) is 0 Å². The van der Waals surface area contributed by atoms with Crippen LogP contribution in [0.25, 0.3) is 0 Å². The fourth-order valence-corrected chi connectivity index (χ4v) is 3.34. The molecule has 0 spiro atoms. The zero-order valence-electron chi connectivity index (χ0n) is 11.2. The third-order valence-corrected chi connectivity index (χ3v) is 4.48. The van der Waals surface area contributed by atoms with E-state index in [-0.39, 0.29) is 16.9 Å². The summed E-state index contributed by atoms with van der Waals surface area (Å²) in [5.74, 6) is 0.266. The number of sulfonamides is 1. The molecule has 0 aliphatic heterocycles. The molecule has 4 nitrogen and oxygen atoms in total. The summed E-state index contributed by atoms with van der Waals surface area (Å²) in [6, 6.07) is 6.70. The smallest absolute Gasteiger partial charge is 0.240 e.